The fraction of sp³-hybridized carbons (Fsp3) is 0.659. The molecule has 1 aliphatic heterocycles. The maximum atomic E-state index is 14.0. The molecule has 0 aromatic heterocycles. The molecular formula is C44H72N10O11. The first kappa shape index (κ1) is 55.5. The van der Waals surface area contributed by atoms with Gasteiger partial charge in [-0.2, -0.15) is 0 Å². The zero-order valence-electron chi connectivity index (χ0n) is 38.6. The van der Waals surface area contributed by atoms with Crippen molar-refractivity contribution in [1.82, 2.24) is 37.2 Å². The molecule has 0 aliphatic carbocycles. The third kappa shape index (κ3) is 19.5. The summed E-state index contributed by atoms with van der Waals surface area (Å²) >= 11 is 0. The van der Waals surface area contributed by atoms with E-state index in [1.807, 2.05) is 58.0 Å². The molecule has 1 aromatic carbocycles. The number of carbonyl (C=O) groups is 9. The van der Waals surface area contributed by atoms with Crippen LogP contribution in [0.2, 0.25) is 0 Å². The second-order valence-electron chi connectivity index (χ2n) is 17.8. The number of esters is 1. The van der Waals surface area contributed by atoms with Crippen molar-refractivity contribution in [3.63, 3.8) is 0 Å². The molecule has 21 heteroatoms. The number of unbranched alkanes of at least 4 members (excludes halogenated alkanes) is 1. The Balaban J connectivity index is 2.45. The van der Waals surface area contributed by atoms with Gasteiger partial charge in [0.25, 0.3) is 0 Å². The van der Waals surface area contributed by atoms with Crippen molar-refractivity contribution in [1.29, 1.82) is 0 Å². The molecule has 364 valence electrons. The standard InChI is InChI=1S/C44H72N10O11/c1-23(2)17-30-41(61)52-32(19-25(5)6)44(64)65-34(21-35(47)56)36(43(63)48-26(7)37(57)50-30)54-42(62)33(22-55)53-39(59)29(15-11-12-16-45)49-40(60)31(18-24(3)4)51-38(58)28(46)20-27-13-9-8-10-14-27/h8-10,13-14,23-26,28-34,36,55H,11-12,15-22,45-46H2,1-7H3,(H2,47,56)(H,48,63)(H,49,60)(H,50,57)(H,51,58)(H,52,61)(H,53,59)(H,54,62)/t26-,28-,29+,30-,31+,32-,33-,34-,36?/m0/s1. The van der Waals surface area contributed by atoms with Gasteiger partial charge in [-0.05, 0) is 81.7 Å². The maximum absolute atomic E-state index is 14.0. The minimum atomic E-state index is -1.95. The van der Waals surface area contributed by atoms with Crippen LogP contribution in [0.25, 0.3) is 0 Å². The molecule has 1 heterocycles. The summed E-state index contributed by atoms with van der Waals surface area (Å²) in [4.78, 5) is 122. The highest BCUT2D eigenvalue weighted by molar-refractivity contribution is 5.98. The summed E-state index contributed by atoms with van der Waals surface area (Å²) in [5.74, 6) is -8.48. The van der Waals surface area contributed by atoms with Gasteiger partial charge in [0.1, 0.15) is 48.4 Å². The van der Waals surface area contributed by atoms with Gasteiger partial charge in [0.2, 0.25) is 47.3 Å². The minimum Gasteiger partial charge on any atom is -0.458 e. The lowest BCUT2D eigenvalue weighted by atomic mass is 10.00. The third-order valence-corrected chi connectivity index (χ3v) is 10.4. The molecule has 8 amide bonds. The van der Waals surface area contributed by atoms with Crippen LogP contribution in [0, 0.1) is 17.8 Å². The van der Waals surface area contributed by atoms with E-state index in [-0.39, 0.29) is 56.4 Å². The lowest BCUT2D eigenvalue weighted by molar-refractivity contribution is -0.158. The Morgan fingerprint density at radius 3 is 1.86 bits per heavy atom. The number of aliphatic hydroxyl groups excluding tert-OH is 1. The van der Waals surface area contributed by atoms with Crippen LogP contribution in [0.3, 0.4) is 0 Å². The summed E-state index contributed by atoms with van der Waals surface area (Å²) < 4.78 is 5.67. The van der Waals surface area contributed by atoms with Crippen LogP contribution in [0.5, 0.6) is 0 Å². The SMILES string of the molecule is CC(C)C[C@@H]1NC(=O)[C@H](C)NC(=O)C(NC(=O)[C@H](CO)NC(=O)[C@@H](CCCCN)NC(=O)[C@@H](CC(C)C)NC(=O)[C@@H](N)Cc2ccccc2)[C@H](CC(N)=O)OC(=O)[C@H](CC(C)C)NC1=O. The molecule has 9 atom stereocenters. The number of amides is 8. The van der Waals surface area contributed by atoms with Gasteiger partial charge in [-0.3, -0.25) is 38.4 Å². The van der Waals surface area contributed by atoms with Gasteiger partial charge in [0.15, 0.2) is 0 Å². The largest absolute Gasteiger partial charge is 0.458 e. The number of ether oxygens (including phenoxy) is 1. The van der Waals surface area contributed by atoms with Gasteiger partial charge in [-0.15, -0.1) is 0 Å². The maximum Gasteiger partial charge on any atom is 0.329 e. The van der Waals surface area contributed by atoms with Crippen LogP contribution >= 0.6 is 0 Å². The van der Waals surface area contributed by atoms with Crippen molar-refractivity contribution in [3.8, 4) is 0 Å². The van der Waals surface area contributed by atoms with E-state index < -0.39 is 121 Å². The lowest BCUT2D eigenvalue weighted by Crippen LogP contribution is -2.62. The molecule has 1 aromatic rings. The predicted octanol–water partition coefficient (Wildman–Crippen LogP) is -1.97. The van der Waals surface area contributed by atoms with Gasteiger partial charge in [-0.1, -0.05) is 71.9 Å². The molecular weight excluding hydrogens is 845 g/mol. The number of rotatable bonds is 23. The van der Waals surface area contributed by atoms with Gasteiger partial charge in [-0.25, -0.2) is 4.79 Å². The molecule has 0 bridgehead atoms. The Morgan fingerprint density at radius 2 is 1.29 bits per heavy atom. The Kier molecular flexibility index (Phi) is 23.6. The van der Waals surface area contributed by atoms with Gasteiger partial charge >= 0.3 is 5.97 Å². The first-order valence-corrected chi connectivity index (χ1v) is 22.3. The summed E-state index contributed by atoms with van der Waals surface area (Å²) in [6.07, 6.45) is -1.20. The second kappa shape index (κ2) is 27.6. The molecule has 65 heavy (non-hydrogen) atoms. The predicted molar refractivity (Wildman–Crippen MR) is 239 cm³/mol. The fourth-order valence-corrected chi connectivity index (χ4v) is 7.01. The number of aliphatic hydroxyl groups is 1. The smallest absolute Gasteiger partial charge is 0.329 e. The van der Waals surface area contributed by atoms with Crippen molar-refractivity contribution in [3.05, 3.63) is 35.9 Å². The average molecular weight is 917 g/mol. The van der Waals surface area contributed by atoms with E-state index in [1.165, 1.54) is 6.92 Å². The normalized spacial score (nSPS) is 21.5. The lowest BCUT2D eigenvalue weighted by Gasteiger charge is -2.30. The van der Waals surface area contributed by atoms with E-state index in [0.717, 1.165) is 5.56 Å². The number of benzene rings is 1. The first-order chi connectivity index (χ1) is 30.6. The van der Waals surface area contributed by atoms with Crippen LogP contribution < -0.4 is 54.4 Å². The van der Waals surface area contributed by atoms with E-state index in [4.69, 9.17) is 21.9 Å². The Bertz CT molecular complexity index is 1780. The molecule has 0 spiro atoms. The van der Waals surface area contributed by atoms with Crippen LogP contribution in [0.15, 0.2) is 30.3 Å². The summed E-state index contributed by atoms with van der Waals surface area (Å²) in [5, 5.41) is 28.1. The number of hydrogen-bond acceptors (Lipinski definition) is 13. The van der Waals surface area contributed by atoms with Gasteiger partial charge in [0, 0.05) is 0 Å². The highest BCUT2D eigenvalue weighted by atomic mass is 16.5. The summed E-state index contributed by atoms with van der Waals surface area (Å²) in [6.45, 7) is 11.4. The molecule has 0 radical (unpaired) electrons. The molecule has 14 N–H and O–H groups in total. The van der Waals surface area contributed by atoms with E-state index in [0.29, 0.717) is 12.8 Å². The molecule has 1 aliphatic rings. The summed E-state index contributed by atoms with van der Waals surface area (Å²) in [6, 6.07) is -1.86. The van der Waals surface area contributed by atoms with Crippen molar-refractivity contribution in [2.75, 3.05) is 13.2 Å². The van der Waals surface area contributed by atoms with Crippen LogP contribution in [0.4, 0.5) is 0 Å². The molecule has 1 fully saturated rings. The van der Waals surface area contributed by atoms with Crippen molar-refractivity contribution >= 4 is 53.2 Å². The highest BCUT2D eigenvalue weighted by Gasteiger charge is 2.40. The first-order valence-electron chi connectivity index (χ1n) is 22.3. The number of nitrogens with one attached hydrogen (secondary N) is 7. The van der Waals surface area contributed by atoms with Crippen molar-refractivity contribution in [2.24, 2.45) is 35.0 Å². The Morgan fingerprint density at radius 1 is 0.723 bits per heavy atom. The fourth-order valence-electron chi connectivity index (χ4n) is 7.01. The summed E-state index contributed by atoms with van der Waals surface area (Å²) in [5.41, 5.74) is 18.2. The van der Waals surface area contributed by atoms with E-state index in [9.17, 15) is 48.3 Å². The molecule has 1 saturated heterocycles. The third-order valence-electron chi connectivity index (χ3n) is 10.4. The molecule has 2 rings (SSSR count). The van der Waals surface area contributed by atoms with Crippen LogP contribution in [-0.4, -0.2) is 126 Å². The quantitative estimate of drug-likeness (QED) is 0.0420. The Hall–Kier alpha value is -5.67. The van der Waals surface area contributed by atoms with Crippen LogP contribution in [0.1, 0.15) is 99.0 Å². The van der Waals surface area contributed by atoms with Gasteiger partial charge in [0.05, 0.1) is 19.1 Å². The molecule has 0 saturated carbocycles. The van der Waals surface area contributed by atoms with E-state index in [1.54, 1.807) is 13.8 Å². The highest BCUT2D eigenvalue weighted by Crippen LogP contribution is 2.16. The zero-order chi connectivity index (χ0) is 49.0. The Labute approximate surface area is 381 Å². The average Bonchev–Trinajstić information content (AvgIpc) is 3.22. The number of cyclic esters (lactones) is 1. The number of carbonyl (C=O) groups excluding carboxylic acids is 9. The number of nitrogens with two attached hydrogens (primary N) is 3. The van der Waals surface area contributed by atoms with E-state index >= 15 is 0 Å². The number of primary amides is 1. The number of hydrogen-bond donors (Lipinski definition) is 11. The topological polar surface area (TPSA) is 345 Å². The van der Waals surface area contributed by atoms with Crippen molar-refractivity contribution < 1.29 is 53.0 Å². The minimum absolute atomic E-state index is 0.0259. The molecule has 21 nitrogen and oxygen atoms in total. The second-order valence-corrected chi connectivity index (χ2v) is 17.8. The zero-order valence-corrected chi connectivity index (χ0v) is 38.6. The van der Waals surface area contributed by atoms with Crippen molar-refractivity contribution in [2.45, 2.75) is 154 Å². The van der Waals surface area contributed by atoms with Crippen LogP contribution in [-0.2, 0) is 54.3 Å². The van der Waals surface area contributed by atoms with E-state index in [2.05, 4.69) is 37.2 Å². The summed E-state index contributed by atoms with van der Waals surface area (Å²) in [7, 11) is 0. The monoisotopic (exact) mass is 917 g/mol. The molecule has 1 unspecified atom stereocenters. The van der Waals surface area contributed by atoms with Gasteiger partial charge < -0.3 is 64.3 Å².